The van der Waals surface area contributed by atoms with Crippen molar-refractivity contribution in [2.45, 2.75) is 36.9 Å². The van der Waals surface area contributed by atoms with Crippen LogP contribution in [0, 0.1) is 0 Å². The summed E-state index contributed by atoms with van der Waals surface area (Å²) in [7, 11) is 0. The van der Waals surface area contributed by atoms with Crippen LogP contribution in [0.4, 0.5) is 13.2 Å². The highest BCUT2D eigenvalue weighted by atomic mass is 19.4. The van der Waals surface area contributed by atoms with E-state index in [0.29, 0.717) is 5.92 Å². The summed E-state index contributed by atoms with van der Waals surface area (Å²) in [6.45, 7) is 0. The lowest BCUT2D eigenvalue weighted by Crippen LogP contribution is -2.25. The molecule has 16 heavy (non-hydrogen) atoms. The summed E-state index contributed by atoms with van der Waals surface area (Å²) in [5, 5.41) is 0. The highest BCUT2D eigenvalue weighted by Crippen LogP contribution is 2.53. The number of fused-ring (bicyclic) bond motifs is 5. The largest absolute Gasteiger partial charge is 0.416 e. The molecule has 0 radical (unpaired) electrons. The molecule has 0 saturated heterocycles. The van der Waals surface area contributed by atoms with Gasteiger partial charge in [0, 0.05) is 6.04 Å². The summed E-state index contributed by atoms with van der Waals surface area (Å²) in [4.78, 5) is 0. The van der Waals surface area contributed by atoms with Crippen LogP contribution >= 0.6 is 0 Å². The van der Waals surface area contributed by atoms with Crippen molar-refractivity contribution in [2.24, 2.45) is 5.73 Å². The molecule has 0 aromatic heterocycles. The molecule has 2 N–H and O–H groups in total. The Morgan fingerprint density at radius 1 is 1.12 bits per heavy atom. The third-order valence-corrected chi connectivity index (χ3v) is 3.87. The fraction of sp³-hybridized carbons (Fsp3) is 0.500. The SMILES string of the molecule is N[C@H]1C[C@H]2C[C@@H]1c1cc(C(F)(F)F)ccc12. The third-order valence-electron chi connectivity index (χ3n) is 3.87. The second-order valence-corrected chi connectivity index (χ2v) is 4.78. The van der Waals surface area contributed by atoms with E-state index >= 15 is 0 Å². The summed E-state index contributed by atoms with van der Waals surface area (Å²) < 4.78 is 37.7. The van der Waals surface area contributed by atoms with Gasteiger partial charge in [0.15, 0.2) is 0 Å². The lowest BCUT2D eigenvalue weighted by Gasteiger charge is -2.22. The quantitative estimate of drug-likeness (QED) is 0.724. The van der Waals surface area contributed by atoms with Gasteiger partial charge in [0.1, 0.15) is 0 Å². The Morgan fingerprint density at radius 2 is 1.88 bits per heavy atom. The second-order valence-electron chi connectivity index (χ2n) is 4.78. The molecule has 2 bridgehead atoms. The van der Waals surface area contributed by atoms with Gasteiger partial charge in [0.05, 0.1) is 5.56 Å². The fourth-order valence-corrected chi connectivity index (χ4v) is 3.13. The van der Waals surface area contributed by atoms with Crippen LogP contribution in [-0.4, -0.2) is 6.04 Å². The number of halogens is 3. The minimum atomic E-state index is -4.25. The van der Waals surface area contributed by atoms with E-state index in [9.17, 15) is 13.2 Å². The zero-order valence-corrected chi connectivity index (χ0v) is 8.59. The van der Waals surface area contributed by atoms with E-state index in [1.165, 1.54) is 12.1 Å². The van der Waals surface area contributed by atoms with E-state index in [1.807, 2.05) is 0 Å². The molecule has 0 spiro atoms. The summed E-state index contributed by atoms with van der Waals surface area (Å²) in [5.74, 6) is 0.527. The molecular weight excluding hydrogens is 215 g/mol. The fourth-order valence-electron chi connectivity index (χ4n) is 3.13. The molecule has 1 aromatic rings. The van der Waals surface area contributed by atoms with Gasteiger partial charge < -0.3 is 5.73 Å². The molecule has 1 fully saturated rings. The van der Waals surface area contributed by atoms with E-state index in [1.54, 1.807) is 6.07 Å². The van der Waals surface area contributed by atoms with Crippen molar-refractivity contribution < 1.29 is 13.2 Å². The summed E-state index contributed by atoms with van der Waals surface area (Å²) in [6, 6.07) is 4.15. The standard InChI is InChI=1S/C12H12F3N/c13-12(14,15)7-1-2-8-6-3-10(9(8)5-7)11(16)4-6/h1-2,5-6,10-11H,3-4,16H2/t6-,10-,11+/m1/s1. The summed E-state index contributed by atoms with van der Waals surface area (Å²) in [5.41, 5.74) is 7.28. The maximum Gasteiger partial charge on any atom is 0.416 e. The first-order valence-electron chi connectivity index (χ1n) is 5.43. The van der Waals surface area contributed by atoms with Gasteiger partial charge in [-0.15, -0.1) is 0 Å². The molecule has 0 aliphatic heterocycles. The van der Waals surface area contributed by atoms with Crippen LogP contribution in [0.2, 0.25) is 0 Å². The highest BCUT2D eigenvalue weighted by molar-refractivity contribution is 5.45. The lowest BCUT2D eigenvalue weighted by molar-refractivity contribution is -0.137. The molecular formula is C12H12F3N. The van der Waals surface area contributed by atoms with E-state index in [-0.39, 0.29) is 12.0 Å². The van der Waals surface area contributed by atoms with Crippen LogP contribution in [0.3, 0.4) is 0 Å². The Balaban J connectivity index is 2.08. The molecule has 1 nitrogen and oxygen atoms in total. The first-order valence-corrected chi connectivity index (χ1v) is 5.43. The molecule has 1 saturated carbocycles. The second kappa shape index (κ2) is 3.00. The van der Waals surface area contributed by atoms with Gasteiger partial charge in [0.25, 0.3) is 0 Å². The molecule has 3 rings (SSSR count). The van der Waals surface area contributed by atoms with E-state index < -0.39 is 11.7 Å². The lowest BCUT2D eigenvalue weighted by atomic mass is 9.87. The van der Waals surface area contributed by atoms with Gasteiger partial charge in [-0.25, -0.2) is 0 Å². The minimum Gasteiger partial charge on any atom is -0.327 e. The molecule has 2 aliphatic rings. The number of hydrogen-bond acceptors (Lipinski definition) is 1. The van der Waals surface area contributed by atoms with Gasteiger partial charge in [-0.3, -0.25) is 0 Å². The van der Waals surface area contributed by atoms with Crippen LogP contribution in [0.1, 0.15) is 41.4 Å². The Kier molecular flexibility index (Phi) is 1.90. The van der Waals surface area contributed by atoms with Crippen molar-refractivity contribution in [1.82, 2.24) is 0 Å². The molecule has 0 unspecified atom stereocenters. The van der Waals surface area contributed by atoms with E-state index in [0.717, 1.165) is 24.0 Å². The molecule has 4 heteroatoms. The summed E-state index contributed by atoms with van der Waals surface area (Å²) in [6.07, 6.45) is -2.40. The van der Waals surface area contributed by atoms with Gasteiger partial charge in [0.2, 0.25) is 0 Å². The van der Waals surface area contributed by atoms with Crippen molar-refractivity contribution in [3.05, 3.63) is 34.9 Å². The number of nitrogens with two attached hydrogens (primary N) is 1. The number of benzene rings is 1. The van der Waals surface area contributed by atoms with Gasteiger partial charge >= 0.3 is 6.18 Å². The number of rotatable bonds is 0. The number of alkyl halides is 3. The topological polar surface area (TPSA) is 26.0 Å². The average Bonchev–Trinajstić information content (AvgIpc) is 2.73. The van der Waals surface area contributed by atoms with Gasteiger partial charge in [-0.1, -0.05) is 6.07 Å². The maximum atomic E-state index is 12.6. The Labute approximate surface area is 91.4 Å². The third kappa shape index (κ3) is 1.29. The molecule has 86 valence electrons. The highest BCUT2D eigenvalue weighted by Gasteiger charge is 2.43. The van der Waals surface area contributed by atoms with Crippen LogP contribution in [0.25, 0.3) is 0 Å². The van der Waals surface area contributed by atoms with Crippen molar-refractivity contribution in [3.8, 4) is 0 Å². The predicted octanol–water partition coefficient (Wildman–Crippen LogP) is 3.01. The molecule has 3 atom stereocenters. The first kappa shape index (κ1) is 10.1. The normalized spacial score (nSPS) is 31.9. The Morgan fingerprint density at radius 3 is 2.56 bits per heavy atom. The van der Waals surface area contributed by atoms with Crippen molar-refractivity contribution in [1.29, 1.82) is 0 Å². The minimum absolute atomic E-state index is 0.0426. The monoisotopic (exact) mass is 227 g/mol. The van der Waals surface area contributed by atoms with Crippen molar-refractivity contribution >= 4 is 0 Å². The molecule has 1 aromatic carbocycles. The number of hydrogen-bond donors (Lipinski definition) is 1. The Hall–Kier alpha value is -1.03. The predicted molar refractivity (Wildman–Crippen MR) is 54.1 cm³/mol. The van der Waals surface area contributed by atoms with Crippen LogP contribution in [0.15, 0.2) is 18.2 Å². The van der Waals surface area contributed by atoms with Crippen molar-refractivity contribution in [3.63, 3.8) is 0 Å². The van der Waals surface area contributed by atoms with Crippen LogP contribution in [0.5, 0.6) is 0 Å². The summed E-state index contributed by atoms with van der Waals surface area (Å²) >= 11 is 0. The molecule has 0 amide bonds. The average molecular weight is 227 g/mol. The van der Waals surface area contributed by atoms with E-state index in [4.69, 9.17) is 5.73 Å². The molecule has 2 aliphatic carbocycles. The van der Waals surface area contributed by atoms with E-state index in [2.05, 4.69) is 0 Å². The Bertz CT molecular complexity index is 438. The zero-order chi connectivity index (χ0) is 11.5. The van der Waals surface area contributed by atoms with Gasteiger partial charge in [-0.2, -0.15) is 13.2 Å². The van der Waals surface area contributed by atoms with Crippen molar-refractivity contribution in [2.75, 3.05) is 0 Å². The van der Waals surface area contributed by atoms with Crippen LogP contribution in [-0.2, 0) is 6.18 Å². The smallest absolute Gasteiger partial charge is 0.327 e. The molecule has 0 heterocycles. The van der Waals surface area contributed by atoms with Crippen LogP contribution < -0.4 is 5.73 Å². The first-order chi connectivity index (χ1) is 7.47. The maximum absolute atomic E-state index is 12.6. The van der Waals surface area contributed by atoms with Gasteiger partial charge in [-0.05, 0) is 47.9 Å². The zero-order valence-electron chi connectivity index (χ0n) is 8.59.